The molecule has 5 nitrogen and oxygen atoms in total. The third kappa shape index (κ3) is 1.39. The molecule has 0 aliphatic heterocycles. The molecule has 0 aliphatic carbocycles. The number of aryl methyl sites for hydroxylation is 1. The Morgan fingerprint density at radius 1 is 1.29 bits per heavy atom. The maximum absolute atomic E-state index is 9.05. The van der Waals surface area contributed by atoms with Crippen LogP contribution in [-0.4, -0.2) is 19.3 Å². The molecule has 3 rings (SSSR count). The zero-order chi connectivity index (χ0) is 11.8. The first-order valence-electron chi connectivity index (χ1n) is 5.16. The van der Waals surface area contributed by atoms with Gasteiger partial charge in [-0.25, -0.2) is 9.67 Å². The molecule has 82 valence electrons. The van der Waals surface area contributed by atoms with Crippen LogP contribution in [0, 0.1) is 11.3 Å². The number of hydrogen-bond acceptors (Lipinski definition) is 3. The predicted molar refractivity (Wildman–Crippen MR) is 62.6 cm³/mol. The van der Waals surface area contributed by atoms with Crippen LogP contribution in [0.5, 0.6) is 0 Å². The molecular formula is C12H9N5. The average Bonchev–Trinajstić information content (AvgIpc) is 2.92. The first kappa shape index (κ1) is 9.60. The first-order valence-corrected chi connectivity index (χ1v) is 5.16. The predicted octanol–water partition coefficient (Wildman–Crippen LogP) is 1.63. The van der Waals surface area contributed by atoms with Crippen molar-refractivity contribution in [1.82, 2.24) is 19.3 Å². The molecule has 0 amide bonds. The van der Waals surface area contributed by atoms with Gasteiger partial charge in [-0.15, -0.1) is 0 Å². The van der Waals surface area contributed by atoms with Crippen molar-refractivity contribution in [1.29, 1.82) is 5.26 Å². The van der Waals surface area contributed by atoms with Gasteiger partial charge in [-0.1, -0.05) is 12.1 Å². The minimum atomic E-state index is 0.422. The third-order valence-corrected chi connectivity index (χ3v) is 2.60. The van der Waals surface area contributed by atoms with Gasteiger partial charge in [0.2, 0.25) is 0 Å². The Bertz CT molecular complexity index is 729. The Balaban J connectivity index is 2.34. The second kappa shape index (κ2) is 3.46. The lowest BCUT2D eigenvalue weighted by molar-refractivity contribution is 0.871. The summed E-state index contributed by atoms with van der Waals surface area (Å²) in [6.45, 7) is 0. The Morgan fingerprint density at radius 3 is 2.82 bits per heavy atom. The highest BCUT2D eigenvalue weighted by molar-refractivity contribution is 5.85. The average molecular weight is 223 g/mol. The molecule has 2 heterocycles. The van der Waals surface area contributed by atoms with E-state index in [9.17, 15) is 0 Å². The summed E-state index contributed by atoms with van der Waals surface area (Å²) < 4.78 is 3.53. The summed E-state index contributed by atoms with van der Waals surface area (Å²) in [5.74, 6) is 0.713. The lowest BCUT2D eigenvalue weighted by atomic mass is 10.2. The van der Waals surface area contributed by atoms with Gasteiger partial charge in [0.25, 0.3) is 0 Å². The van der Waals surface area contributed by atoms with E-state index in [2.05, 4.69) is 16.2 Å². The largest absolute Gasteiger partial charge is 0.338 e. The van der Waals surface area contributed by atoms with Crippen molar-refractivity contribution in [2.45, 2.75) is 0 Å². The molecule has 0 radical (unpaired) electrons. The fourth-order valence-corrected chi connectivity index (χ4v) is 1.83. The number of aromatic nitrogens is 4. The lowest BCUT2D eigenvalue weighted by Gasteiger charge is -1.96. The van der Waals surface area contributed by atoms with Crippen molar-refractivity contribution < 1.29 is 0 Å². The van der Waals surface area contributed by atoms with Gasteiger partial charge >= 0.3 is 0 Å². The van der Waals surface area contributed by atoms with E-state index in [0.717, 1.165) is 10.9 Å². The van der Waals surface area contributed by atoms with E-state index in [4.69, 9.17) is 5.26 Å². The summed E-state index contributed by atoms with van der Waals surface area (Å²) in [5, 5.41) is 14.2. The van der Waals surface area contributed by atoms with Crippen molar-refractivity contribution in [2.24, 2.45) is 7.05 Å². The molecule has 5 heteroatoms. The summed E-state index contributed by atoms with van der Waals surface area (Å²) in [6, 6.07) is 9.74. The highest BCUT2D eigenvalue weighted by atomic mass is 15.3. The zero-order valence-corrected chi connectivity index (χ0v) is 9.20. The number of hydrogen-bond donors (Lipinski definition) is 0. The molecule has 0 saturated heterocycles. The highest BCUT2D eigenvalue weighted by Gasteiger charge is 2.11. The summed E-state index contributed by atoms with van der Waals surface area (Å²) in [7, 11) is 1.90. The molecule has 0 spiro atoms. The minimum absolute atomic E-state index is 0.422. The molecule has 0 saturated carbocycles. The Hall–Kier alpha value is -2.61. The van der Waals surface area contributed by atoms with E-state index < -0.39 is 0 Å². The van der Waals surface area contributed by atoms with Gasteiger partial charge in [-0.05, 0) is 12.1 Å². The van der Waals surface area contributed by atoms with Crippen LogP contribution in [0.15, 0.2) is 36.8 Å². The van der Waals surface area contributed by atoms with Crippen LogP contribution in [0.2, 0.25) is 0 Å². The smallest absolute Gasteiger partial charge is 0.171 e. The molecular weight excluding hydrogens is 214 g/mol. The number of fused-ring (bicyclic) bond motifs is 1. The van der Waals surface area contributed by atoms with E-state index in [1.807, 2.05) is 42.1 Å². The summed E-state index contributed by atoms with van der Waals surface area (Å²) in [4.78, 5) is 4.24. The maximum Gasteiger partial charge on any atom is 0.171 e. The van der Waals surface area contributed by atoms with Crippen molar-refractivity contribution in [3.05, 3.63) is 42.5 Å². The van der Waals surface area contributed by atoms with Crippen LogP contribution in [0.25, 0.3) is 16.7 Å². The molecule has 0 aliphatic rings. The number of rotatable bonds is 1. The normalized spacial score (nSPS) is 10.6. The monoisotopic (exact) mass is 223 g/mol. The van der Waals surface area contributed by atoms with Gasteiger partial charge in [0.1, 0.15) is 6.07 Å². The molecule has 0 fully saturated rings. The zero-order valence-electron chi connectivity index (χ0n) is 9.20. The van der Waals surface area contributed by atoms with Crippen LogP contribution >= 0.6 is 0 Å². The molecule has 2 aromatic heterocycles. The van der Waals surface area contributed by atoms with Crippen LogP contribution in [0.3, 0.4) is 0 Å². The van der Waals surface area contributed by atoms with E-state index in [0.29, 0.717) is 11.5 Å². The summed E-state index contributed by atoms with van der Waals surface area (Å²) in [5.41, 5.74) is 1.31. The van der Waals surface area contributed by atoms with Crippen molar-refractivity contribution >= 4 is 10.9 Å². The first-order chi connectivity index (χ1) is 8.29. The van der Waals surface area contributed by atoms with Crippen LogP contribution < -0.4 is 0 Å². The molecule has 0 N–H and O–H groups in total. The molecule has 3 aromatic rings. The fourth-order valence-electron chi connectivity index (χ4n) is 1.83. The van der Waals surface area contributed by atoms with E-state index in [1.54, 1.807) is 11.0 Å². The molecule has 17 heavy (non-hydrogen) atoms. The SMILES string of the molecule is Cn1cnc(-n2nc(C#N)c3ccccc32)c1. The second-order valence-electron chi connectivity index (χ2n) is 3.79. The topological polar surface area (TPSA) is 59.4 Å². The molecule has 1 aromatic carbocycles. The number of imidazole rings is 1. The van der Waals surface area contributed by atoms with Crippen LogP contribution in [0.1, 0.15) is 5.69 Å². The van der Waals surface area contributed by atoms with E-state index >= 15 is 0 Å². The van der Waals surface area contributed by atoms with Gasteiger partial charge in [-0.3, -0.25) is 0 Å². The molecule has 0 bridgehead atoms. The van der Waals surface area contributed by atoms with Crippen molar-refractivity contribution in [3.63, 3.8) is 0 Å². The fraction of sp³-hybridized carbons (Fsp3) is 0.0833. The Labute approximate surface area is 97.5 Å². The number of nitriles is 1. The summed E-state index contributed by atoms with van der Waals surface area (Å²) in [6.07, 6.45) is 3.57. The van der Waals surface area contributed by atoms with Crippen LogP contribution in [-0.2, 0) is 7.05 Å². The maximum atomic E-state index is 9.05. The number of benzene rings is 1. The van der Waals surface area contributed by atoms with Gasteiger partial charge in [0.15, 0.2) is 11.5 Å². The lowest BCUT2D eigenvalue weighted by Crippen LogP contribution is -1.96. The van der Waals surface area contributed by atoms with E-state index in [-0.39, 0.29) is 0 Å². The Morgan fingerprint density at radius 2 is 2.12 bits per heavy atom. The molecule has 0 atom stereocenters. The number of para-hydroxylation sites is 1. The third-order valence-electron chi connectivity index (χ3n) is 2.60. The van der Waals surface area contributed by atoms with Crippen molar-refractivity contribution in [2.75, 3.05) is 0 Å². The number of nitrogens with zero attached hydrogens (tertiary/aromatic N) is 5. The van der Waals surface area contributed by atoms with Gasteiger partial charge in [0.05, 0.1) is 11.8 Å². The Kier molecular flexibility index (Phi) is 1.95. The van der Waals surface area contributed by atoms with Gasteiger partial charge in [-0.2, -0.15) is 10.4 Å². The van der Waals surface area contributed by atoms with Crippen LogP contribution in [0.4, 0.5) is 0 Å². The van der Waals surface area contributed by atoms with Gasteiger partial charge in [0, 0.05) is 18.6 Å². The summed E-state index contributed by atoms with van der Waals surface area (Å²) >= 11 is 0. The van der Waals surface area contributed by atoms with Gasteiger partial charge < -0.3 is 4.57 Å². The second-order valence-corrected chi connectivity index (χ2v) is 3.79. The van der Waals surface area contributed by atoms with E-state index in [1.165, 1.54) is 0 Å². The standard InChI is InChI=1S/C12H9N5/c1-16-7-12(14-8-16)17-11-5-3-2-4-9(11)10(6-13)15-17/h2-5,7-8H,1H3. The minimum Gasteiger partial charge on any atom is -0.338 e. The molecule has 0 unspecified atom stereocenters. The van der Waals surface area contributed by atoms with Crippen molar-refractivity contribution in [3.8, 4) is 11.9 Å². The quantitative estimate of drug-likeness (QED) is 0.630. The highest BCUT2D eigenvalue weighted by Crippen LogP contribution is 2.20.